The first-order valence-electron chi connectivity index (χ1n) is 7.28. The molecular weight excluding hydrogens is 268 g/mol. The van der Waals surface area contributed by atoms with Crippen molar-refractivity contribution in [1.82, 2.24) is 9.97 Å². The Kier molecular flexibility index (Phi) is 6.59. The summed E-state index contributed by atoms with van der Waals surface area (Å²) in [6, 6.07) is 2.39. The molecule has 5 heteroatoms. The van der Waals surface area contributed by atoms with Gasteiger partial charge in [0.05, 0.1) is 0 Å². The van der Waals surface area contributed by atoms with Crippen LogP contribution in [0.15, 0.2) is 6.07 Å². The zero-order valence-electron chi connectivity index (χ0n) is 13.6. The molecule has 114 valence electrons. The Morgan fingerprint density at radius 1 is 1.25 bits per heavy atom. The second-order valence-electron chi connectivity index (χ2n) is 5.99. The van der Waals surface area contributed by atoms with Crippen LogP contribution >= 0.6 is 11.8 Å². The third kappa shape index (κ3) is 5.57. The van der Waals surface area contributed by atoms with Gasteiger partial charge in [-0.15, -0.1) is 0 Å². The summed E-state index contributed by atoms with van der Waals surface area (Å²) >= 11 is 1.98. The van der Waals surface area contributed by atoms with Gasteiger partial charge in [0, 0.05) is 24.6 Å². The molecule has 2 N–H and O–H groups in total. The van der Waals surface area contributed by atoms with Crippen LogP contribution in [0, 0.1) is 0 Å². The van der Waals surface area contributed by atoms with Crippen molar-refractivity contribution in [3.05, 3.63) is 11.9 Å². The number of aromatic nitrogens is 2. The molecule has 1 heterocycles. The van der Waals surface area contributed by atoms with E-state index in [0.29, 0.717) is 6.04 Å². The fraction of sp³-hybridized carbons (Fsp3) is 0.733. The second-order valence-corrected chi connectivity index (χ2v) is 7.39. The van der Waals surface area contributed by atoms with Crippen molar-refractivity contribution >= 4 is 23.4 Å². The van der Waals surface area contributed by atoms with Gasteiger partial charge in [0.25, 0.3) is 0 Å². The van der Waals surface area contributed by atoms with E-state index in [4.69, 9.17) is 0 Å². The first kappa shape index (κ1) is 17.1. The highest BCUT2D eigenvalue weighted by atomic mass is 32.2. The summed E-state index contributed by atoms with van der Waals surface area (Å²) in [5.41, 5.74) is -0.0510. The van der Waals surface area contributed by atoms with Gasteiger partial charge in [0.15, 0.2) is 0 Å². The van der Waals surface area contributed by atoms with E-state index in [-0.39, 0.29) is 5.41 Å². The fourth-order valence-corrected chi connectivity index (χ4v) is 2.52. The molecule has 0 aromatic carbocycles. The van der Waals surface area contributed by atoms with Gasteiger partial charge in [-0.1, -0.05) is 27.7 Å². The quantitative estimate of drug-likeness (QED) is 0.750. The Labute approximate surface area is 127 Å². The maximum Gasteiger partial charge on any atom is 0.138 e. The number of hydrogen-bond acceptors (Lipinski definition) is 5. The maximum atomic E-state index is 4.65. The van der Waals surface area contributed by atoms with Gasteiger partial charge in [-0.2, -0.15) is 11.8 Å². The van der Waals surface area contributed by atoms with Crippen molar-refractivity contribution in [2.45, 2.75) is 52.5 Å². The van der Waals surface area contributed by atoms with E-state index < -0.39 is 0 Å². The minimum atomic E-state index is -0.0510. The van der Waals surface area contributed by atoms with Crippen LogP contribution in [0.1, 0.15) is 46.9 Å². The van der Waals surface area contributed by atoms with Crippen LogP contribution < -0.4 is 10.6 Å². The van der Waals surface area contributed by atoms with E-state index in [1.54, 1.807) is 0 Å². The van der Waals surface area contributed by atoms with E-state index in [1.165, 1.54) is 11.5 Å². The van der Waals surface area contributed by atoms with Gasteiger partial charge >= 0.3 is 0 Å². The molecule has 1 unspecified atom stereocenters. The summed E-state index contributed by atoms with van der Waals surface area (Å²) < 4.78 is 0. The summed E-state index contributed by atoms with van der Waals surface area (Å²) in [7, 11) is 1.89. The zero-order valence-corrected chi connectivity index (χ0v) is 14.4. The molecule has 0 amide bonds. The van der Waals surface area contributed by atoms with Crippen molar-refractivity contribution in [2.75, 3.05) is 29.2 Å². The van der Waals surface area contributed by atoms with Gasteiger partial charge in [0.2, 0.25) is 0 Å². The lowest BCUT2D eigenvalue weighted by atomic mass is 9.96. The van der Waals surface area contributed by atoms with Gasteiger partial charge in [-0.3, -0.25) is 0 Å². The molecule has 4 nitrogen and oxygen atoms in total. The molecule has 0 aliphatic carbocycles. The molecule has 1 atom stereocenters. The average Bonchev–Trinajstić information content (AvgIpc) is 2.37. The molecule has 0 aliphatic rings. The van der Waals surface area contributed by atoms with Gasteiger partial charge in [0.1, 0.15) is 17.5 Å². The van der Waals surface area contributed by atoms with E-state index in [0.717, 1.165) is 23.9 Å². The summed E-state index contributed by atoms with van der Waals surface area (Å²) in [5, 5.41) is 6.59. The second kappa shape index (κ2) is 7.72. The number of thioether (sulfide) groups is 1. The normalized spacial score (nSPS) is 13.1. The van der Waals surface area contributed by atoms with E-state index in [2.05, 4.69) is 55.2 Å². The van der Waals surface area contributed by atoms with E-state index in [9.17, 15) is 0 Å². The molecule has 0 radical (unpaired) electrons. The lowest BCUT2D eigenvalue weighted by Gasteiger charge is -2.20. The first-order chi connectivity index (χ1) is 9.36. The van der Waals surface area contributed by atoms with Gasteiger partial charge in [-0.25, -0.2) is 9.97 Å². The maximum absolute atomic E-state index is 4.65. The predicted octanol–water partition coefficient (Wildman–Crippen LogP) is 3.76. The van der Waals surface area contributed by atoms with Crippen molar-refractivity contribution in [2.24, 2.45) is 0 Å². The summed E-state index contributed by atoms with van der Waals surface area (Å²) in [6.07, 6.45) is 1.14. The van der Waals surface area contributed by atoms with Crippen LogP contribution in [0.2, 0.25) is 0 Å². The molecule has 0 saturated carbocycles. The highest BCUT2D eigenvalue weighted by molar-refractivity contribution is 7.99. The Morgan fingerprint density at radius 3 is 2.45 bits per heavy atom. The molecule has 1 aromatic heterocycles. The van der Waals surface area contributed by atoms with Crippen LogP contribution in [-0.2, 0) is 5.41 Å². The number of anilines is 2. The molecule has 0 bridgehead atoms. The predicted molar refractivity (Wildman–Crippen MR) is 91.0 cm³/mol. The molecule has 1 aromatic rings. The Morgan fingerprint density at radius 2 is 1.90 bits per heavy atom. The van der Waals surface area contributed by atoms with E-state index >= 15 is 0 Å². The van der Waals surface area contributed by atoms with Gasteiger partial charge < -0.3 is 10.6 Å². The Bertz CT molecular complexity index is 415. The third-order valence-corrected chi connectivity index (χ3v) is 3.88. The molecule has 0 saturated heterocycles. The molecular formula is C15H28N4S. The Hall–Kier alpha value is -0.970. The van der Waals surface area contributed by atoms with Crippen molar-refractivity contribution < 1.29 is 0 Å². The Balaban J connectivity index is 2.78. The van der Waals surface area contributed by atoms with Crippen molar-refractivity contribution in [1.29, 1.82) is 0 Å². The smallest absolute Gasteiger partial charge is 0.138 e. The third-order valence-electron chi connectivity index (χ3n) is 2.95. The van der Waals surface area contributed by atoms with Crippen LogP contribution in [0.25, 0.3) is 0 Å². The van der Waals surface area contributed by atoms with E-state index in [1.807, 2.05) is 24.9 Å². The van der Waals surface area contributed by atoms with Crippen LogP contribution in [0.3, 0.4) is 0 Å². The van der Waals surface area contributed by atoms with Crippen LogP contribution in [0.5, 0.6) is 0 Å². The number of nitrogens with one attached hydrogen (secondary N) is 2. The van der Waals surface area contributed by atoms with Crippen molar-refractivity contribution in [3.63, 3.8) is 0 Å². The molecule has 0 spiro atoms. The largest absolute Gasteiger partial charge is 0.373 e. The zero-order chi connectivity index (χ0) is 15.2. The molecule has 20 heavy (non-hydrogen) atoms. The number of hydrogen-bond donors (Lipinski definition) is 2. The van der Waals surface area contributed by atoms with Crippen LogP contribution in [0.4, 0.5) is 11.6 Å². The molecule has 1 rings (SSSR count). The minimum Gasteiger partial charge on any atom is -0.373 e. The van der Waals surface area contributed by atoms with Crippen molar-refractivity contribution in [3.8, 4) is 0 Å². The first-order valence-corrected chi connectivity index (χ1v) is 8.44. The highest BCUT2D eigenvalue weighted by Crippen LogP contribution is 2.22. The lowest BCUT2D eigenvalue weighted by Crippen LogP contribution is -2.21. The fourth-order valence-electron chi connectivity index (χ4n) is 1.71. The standard InChI is InChI=1S/C15H28N4S/c1-7-20-9-8-11(2)17-13-10-12(16-6)18-14(19-13)15(3,4)5/h10-11H,7-9H2,1-6H3,(H2,16,17,18,19). The number of rotatable bonds is 7. The SMILES string of the molecule is CCSCCC(C)Nc1cc(NC)nc(C(C)(C)C)n1. The summed E-state index contributed by atoms with van der Waals surface area (Å²) in [4.78, 5) is 9.19. The average molecular weight is 296 g/mol. The summed E-state index contributed by atoms with van der Waals surface area (Å²) in [6.45, 7) is 10.8. The summed E-state index contributed by atoms with van der Waals surface area (Å²) in [5.74, 6) is 4.99. The van der Waals surface area contributed by atoms with Gasteiger partial charge in [-0.05, 0) is 24.9 Å². The van der Waals surface area contributed by atoms with Crippen LogP contribution in [-0.4, -0.2) is 34.6 Å². The highest BCUT2D eigenvalue weighted by Gasteiger charge is 2.19. The lowest BCUT2D eigenvalue weighted by molar-refractivity contribution is 0.546. The molecule has 0 aliphatic heterocycles. The number of nitrogens with zero attached hydrogens (tertiary/aromatic N) is 2. The topological polar surface area (TPSA) is 49.8 Å². The minimum absolute atomic E-state index is 0.0510. The monoisotopic (exact) mass is 296 g/mol. The molecule has 0 fully saturated rings.